The highest BCUT2D eigenvalue weighted by Gasteiger charge is 2.22. The standard InChI is InChI=1S/C20H24N4O4/c1-3-28-20(26)24-12-10-23(11-13-24)15-8-9-18(21-14-15)22-19(25)16-6-4-5-7-17(16)27-2/h4-9,14H,3,10-13H2,1-2H3,(H,21,22,25). The third kappa shape index (κ3) is 4.51. The number of hydrogen-bond acceptors (Lipinski definition) is 6. The first-order valence-corrected chi connectivity index (χ1v) is 9.19. The van der Waals surface area contributed by atoms with Crippen LogP contribution < -0.4 is 15.0 Å². The first-order chi connectivity index (χ1) is 13.6. The molecule has 1 aromatic carbocycles. The van der Waals surface area contributed by atoms with Crippen LogP contribution in [0, 0.1) is 0 Å². The van der Waals surface area contributed by atoms with Gasteiger partial charge in [0.15, 0.2) is 0 Å². The van der Waals surface area contributed by atoms with E-state index in [-0.39, 0.29) is 12.0 Å². The summed E-state index contributed by atoms with van der Waals surface area (Å²) in [6.45, 7) is 4.79. The Morgan fingerprint density at radius 1 is 1.11 bits per heavy atom. The number of ether oxygens (including phenoxy) is 2. The lowest BCUT2D eigenvalue weighted by Gasteiger charge is -2.35. The zero-order valence-corrected chi connectivity index (χ0v) is 16.1. The molecule has 1 aromatic heterocycles. The molecule has 2 heterocycles. The second kappa shape index (κ2) is 9.07. The van der Waals surface area contributed by atoms with Gasteiger partial charge in [-0.2, -0.15) is 0 Å². The number of piperazine rings is 1. The number of methoxy groups -OCH3 is 1. The SMILES string of the molecule is CCOC(=O)N1CCN(c2ccc(NC(=O)c3ccccc3OC)nc2)CC1. The lowest BCUT2D eigenvalue weighted by molar-refractivity contribution is 0.102. The van der Waals surface area contributed by atoms with Gasteiger partial charge in [0.1, 0.15) is 11.6 Å². The third-order valence-corrected chi connectivity index (χ3v) is 4.51. The fourth-order valence-electron chi connectivity index (χ4n) is 3.02. The summed E-state index contributed by atoms with van der Waals surface area (Å²) in [5.74, 6) is 0.696. The van der Waals surface area contributed by atoms with Crippen molar-refractivity contribution in [2.75, 3.05) is 50.1 Å². The minimum atomic E-state index is -0.277. The molecule has 3 rings (SSSR count). The van der Waals surface area contributed by atoms with Gasteiger partial charge in [-0.15, -0.1) is 0 Å². The minimum absolute atomic E-state index is 0.269. The Balaban J connectivity index is 1.58. The highest BCUT2D eigenvalue weighted by atomic mass is 16.6. The number of nitrogens with one attached hydrogen (secondary N) is 1. The van der Waals surface area contributed by atoms with E-state index in [1.807, 2.05) is 12.1 Å². The van der Waals surface area contributed by atoms with Gasteiger partial charge in [0.2, 0.25) is 0 Å². The number of carbonyl (C=O) groups is 2. The number of para-hydroxylation sites is 1. The van der Waals surface area contributed by atoms with Gasteiger partial charge < -0.3 is 24.6 Å². The van der Waals surface area contributed by atoms with E-state index in [4.69, 9.17) is 9.47 Å². The van der Waals surface area contributed by atoms with Gasteiger partial charge in [-0.3, -0.25) is 4.79 Å². The summed E-state index contributed by atoms with van der Waals surface area (Å²) >= 11 is 0. The minimum Gasteiger partial charge on any atom is -0.496 e. The molecule has 2 aromatic rings. The third-order valence-electron chi connectivity index (χ3n) is 4.51. The topological polar surface area (TPSA) is 84.0 Å². The predicted octanol–water partition coefficient (Wildman–Crippen LogP) is 2.62. The molecule has 1 aliphatic heterocycles. The summed E-state index contributed by atoms with van der Waals surface area (Å²) in [7, 11) is 1.53. The average Bonchev–Trinajstić information content (AvgIpc) is 2.74. The first kappa shape index (κ1) is 19.5. The van der Waals surface area contributed by atoms with Crippen molar-refractivity contribution in [2.45, 2.75) is 6.92 Å². The highest BCUT2D eigenvalue weighted by Crippen LogP contribution is 2.20. The van der Waals surface area contributed by atoms with E-state index in [9.17, 15) is 9.59 Å². The van der Waals surface area contributed by atoms with Crippen LogP contribution in [0.25, 0.3) is 0 Å². The van der Waals surface area contributed by atoms with Crippen molar-refractivity contribution < 1.29 is 19.1 Å². The summed E-state index contributed by atoms with van der Waals surface area (Å²) in [4.78, 5) is 32.4. The van der Waals surface area contributed by atoms with Crippen LogP contribution in [0.3, 0.4) is 0 Å². The molecule has 1 N–H and O–H groups in total. The monoisotopic (exact) mass is 384 g/mol. The van der Waals surface area contributed by atoms with Crippen LogP contribution in [0.5, 0.6) is 5.75 Å². The smallest absolute Gasteiger partial charge is 0.409 e. The molecule has 0 atom stereocenters. The number of rotatable bonds is 5. The first-order valence-electron chi connectivity index (χ1n) is 9.19. The van der Waals surface area contributed by atoms with Crippen molar-refractivity contribution in [2.24, 2.45) is 0 Å². The number of carbonyl (C=O) groups excluding carboxylic acids is 2. The van der Waals surface area contributed by atoms with Gasteiger partial charge in [-0.1, -0.05) is 12.1 Å². The molecular formula is C20H24N4O4. The maximum atomic E-state index is 12.4. The molecule has 8 heteroatoms. The highest BCUT2D eigenvalue weighted by molar-refractivity contribution is 6.05. The van der Waals surface area contributed by atoms with Crippen molar-refractivity contribution >= 4 is 23.5 Å². The van der Waals surface area contributed by atoms with E-state index in [0.717, 1.165) is 5.69 Å². The van der Waals surface area contributed by atoms with Crippen molar-refractivity contribution in [3.05, 3.63) is 48.2 Å². The number of anilines is 2. The summed E-state index contributed by atoms with van der Waals surface area (Å²) in [6, 6.07) is 10.7. The number of nitrogens with zero attached hydrogens (tertiary/aromatic N) is 3. The molecule has 1 fully saturated rings. The Bertz CT molecular complexity index is 817. The molecule has 2 amide bonds. The van der Waals surface area contributed by atoms with Gasteiger partial charge in [0, 0.05) is 26.2 Å². The maximum Gasteiger partial charge on any atom is 0.409 e. The number of benzene rings is 1. The van der Waals surface area contributed by atoms with Gasteiger partial charge in [-0.25, -0.2) is 9.78 Å². The summed E-state index contributed by atoms with van der Waals surface area (Å²) < 4.78 is 10.3. The van der Waals surface area contributed by atoms with Crippen LogP contribution in [0.15, 0.2) is 42.6 Å². The second-order valence-corrected chi connectivity index (χ2v) is 6.23. The van der Waals surface area contributed by atoms with Crippen LogP contribution in [0.4, 0.5) is 16.3 Å². The van der Waals surface area contributed by atoms with Crippen LogP contribution in [0.2, 0.25) is 0 Å². The van der Waals surface area contributed by atoms with E-state index in [1.165, 1.54) is 7.11 Å². The van der Waals surface area contributed by atoms with E-state index >= 15 is 0 Å². The largest absolute Gasteiger partial charge is 0.496 e. The molecule has 1 saturated heterocycles. The fraction of sp³-hybridized carbons (Fsp3) is 0.350. The Labute approximate surface area is 164 Å². The van der Waals surface area contributed by atoms with E-state index < -0.39 is 0 Å². The van der Waals surface area contributed by atoms with Gasteiger partial charge in [-0.05, 0) is 31.2 Å². The van der Waals surface area contributed by atoms with Crippen LogP contribution in [-0.4, -0.2) is 61.8 Å². The molecule has 28 heavy (non-hydrogen) atoms. The lowest BCUT2D eigenvalue weighted by atomic mass is 10.2. The van der Waals surface area contributed by atoms with Crippen molar-refractivity contribution in [3.63, 3.8) is 0 Å². The molecule has 0 aliphatic carbocycles. The fourth-order valence-corrected chi connectivity index (χ4v) is 3.02. The number of pyridine rings is 1. The van der Waals surface area contributed by atoms with Gasteiger partial charge in [0.25, 0.3) is 5.91 Å². The summed E-state index contributed by atoms with van der Waals surface area (Å²) in [5, 5.41) is 2.78. The van der Waals surface area contributed by atoms with Crippen molar-refractivity contribution in [1.82, 2.24) is 9.88 Å². The van der Waals surface area contributed by atoms with Gasteiger partial charge >= 0.3 is 6.09 Å². The molecule has 8 nitrogen and oxygen atoms in total. The van der Waals surface area contributed by atoms with Crippen LogP contribution in [-0.2, 0) is 4.74 Å². The van der Waals surface area contributed by atoms with E-state index in [0.29, 0.717) is 49.9 Å². The van der Waals surface area contributed by atoms with Crippen molar-refractivity contribution in [1.29, 1.82) is 0 Å². The van der Waals surface area contributed by atoms with E-state index in [1.54, 1.807) is 42.3 Å². The number of amides is 2. The van der Waals surface area contributed by atoms with E-state index in [2.05, 4.69) is 15.2 Å². The molecule has 0 saturated carbocycles. The molecular weight excluding hydrogens is 360 g/mol. The normalized spacial score (nSPS) is 13.8. The number of hydrogen-bond donors (Lipinski definition) is 1. The Hall–Kier alpha value is -3.29. The molecule has 1 aliphatic rings. The maximum absolute atomic E-state index is 12.4. The summed E-state index contributed by atoms with van der Waals surface area (Å²) in [6.07, 6.45) is 1.45. The Morgan fingerprint density at radius 3 is 2.50 bits per heavy atom. The lowest BCUT2D eigenvalue weighted by Crippen LogP contribution is -2.49. The van der Waals surface area contributed by atoms with Crippen LogP contribution >= 0.6 is 0 Å². The zero-order valence-electron chi connectivity index (χ0n) is 16.1. The second-order valence-electron chi connectivity index (χ2n) is 6.23. The zero-order chi connectivity index (χ0) is 19.9. The molecule has 0 spiro atoms. The van der Waals surface area contributed by atoms with Crippen LogP contribution in [0.1, 0.15) is 17.3 Å². The average molecular weight is 384 g/mol. The summed E-state index contributed by atoms with van der Waals surface area (Å²) in [5.41, 5.74) is 1.39. The van der Waals surface area contributed by atoms with Gasteiger partial charge in [0.05, 0.1) is 31.2 Å². The quantitative estimate of drug-likeness (QED) is 0.853. The van der Waals surface area contributed by atoms with Crippen molar-refractivity contribution in [3.8, 4) is 5.75 Å². The predicted molar refractivity (Wildman–Crippen MR) is 106 cm³/mol. The molecule has 0 unspecified atom stereocenters. The Morgan fingerprint density at radius 2 is 1.86 bits per heavy atom. The molecule has 0 bridgehead atoms. The molecule has 148 valence electrons. The number of aromatic nitrogens is 1. The Kier molecular flexibility index (Phi) is 6.31. The molecule has 0 radical (unpaired) electrons.